The lowest BCUT2D eigenvalue weighted by Crippen LogP contribution is -2.05. The van der Waals surface area contributed by atoms with E-state index in [1.807, 2.05) is 12.1 Å². The zero-order valence-electron chi connectivity index (χ0n) is 26.9. The molecule has 1 aliphatic carbocycles. The van der Waals surface area contributed by atoms with Crippen LogP contribution in [-0.2, 0) is 0 Å². The molecule has 0 amide bonds. The molecule has 1 aliphatic rings. The van der Waals surface area contributed by atoms with Crippen LogP contribution in [0.15, 0.2) is 182 Å². The first-order valence-electron chi connectivity index (χ1n) is 16.6. The summed E-state index contributed by atoms with van der Waals surface area (Å²) in [5.41, 5.74) is 10.5. The van der Waals surface area contributed by atoms with Crippen molar-refractivity contribution in [3.8, 4) is 11.6 Å². The van der Waals surface area contributed by atoms with Crippen LogP contribution in [0, 0.1) is 0 Å². The third kappa shape index (κ3) is 5.02. The molecule has 0 spiro atoms. The van der Waals surface area contributed by atoms with Crippen molar-refractivity contribution in [3.05, 3.63) is 193 Å². The van der Waals surface area contributed by atoms with Gasteiger partial charge in [-0.25, -0.2) is 9.97 Å². The molecular formula is C45H32N4. The molecule has 3 heterocycles. The minimum absolute atomic E-state index is 0.639. The number of para-hydroxylation sites is 3. The summed E-state index contributed by atoms with van der Waals surface area (Å²) in [5.74, 6) is 0.639. The number of benzene rings is 5. The molecule has 3 aromatic heterocycles. The maximum absolute atomic E-state index is 5.37. The van der Waals surface area contributed by atoms with E-state index in [0.29, 0.717) is 5.95 Å². The lowest BCUT2D eigenvalue weighted by molar-refractivity contribution is 1.00. The number of hydrogen-bond donors (Lipinski definition) is 0. The van der Waals surface area contributed by atoms with E-state index in [0.717, 1.165) is 56.4 Å². The molecule has 0 aliphatic heterocycles. The molecule has 5 aromatic carbocycles. The fraction of sp³-hybridized carbons (Fsp3) is 0.0222. The summed E-state index contributed by atoms with van der Waals surface area (Å²) in [4.78, 5) is 10.6. The number of aromatic nitrogens is 4. The van der Waals surface area contributed by atoms with Crippen molar-refractivity contribution in [2.75, 3.05) is 0 Å². The van der Waals surface area contributed by atoms with E-state index in [1.54, 1.807) is 0 Å². The Morgan fingerprint density at radius 3 is 2.14 bits per heavy atom. The van der Waals surface area contributed by atoms with Crippen LogP contribution in [0.2, 0.25) is 0 Å². The normalized spacial score (nSPS) is 17.2. The quantitative estimate of drug-likeness (QED) is 0.194. The van der Waals surface area contributed by atoms with Crippen molar-refractivity contribution in [2.24, 2.45) is 0 Å². The van der Waals surface area contributed by atoms with Crippen LogP contribution in [0.25, 0.3) is 66.4 Å². The molecule has 0 bridgehead atoms. The van der Waals surface area contributed by atoms with Gasteiger partial charge in [-0.3, -0.25) is 4.57 Å². The number of fused-ring (bicyclic) bond motifs is 6. The fourth-order valence-electron chi connectivity index (χ4n) is 7.04. The van der Waals surface area contributed by atoms with Gasteiger partial charge >= 0.3 is 0 Å². The van der Waals surface area contributed by atoms with E-state index < -0.39 is 0 Å². The van der Waals surface area contributed by atoms with Crippen LogP contribution in [0.3, 0.4) is 0 Å². The van der Waals surface area contributed by atoms with Crippen LogP contribution in [-0.4, -0.2) is 19.1 Å². The number of rotatable bonds is 4. The minimum Gasteiger partial charge on any atom is -0.317 e. The van der Waals surface area contributed by atoms with Crippen LogP contribution >= 0.6 is 0 Å². The Hall–Kier alpha value is -6.52. The highest BCUT2D eigenvalue weighted by atomic mass is 15.2. The zero-order chi connectivity index (χ0) is 32.7. The van der Waals surface area contributed by atoms with Gasteiger partial charge in [0.25, 0.3) is 0 Å². The van der Waals surface area contributed by atoms with Gasteiger partial charge in [-0.1, -0.05) is 122 Å². The Morgan fingerprint density at radius 2 is 1.29 bits per heavy atom. The second kappa shape index (κ2) is 11.9. The molecule has 0 fully saturated rings. The molecule has 0 radical (unpaired) electrons. The topological polar surface area (TPSA) is 35.6 Å². The summed E-state index contributed by atoms with van der Waals surface area (Å²) in [6.07, 6.45) is 15.9. The highest BCUT2D eigenvalue weighted by Gasteiger charge is 2.20. The average molecular weight is 629 g/mol. The monoisotopic (exact) mass is 628 g/mol. The first-order chi connectivity index (χ1) is 24.2. The van der Waals surface area contributed by atoms with Gasteiger partial charge in [0.05, 0.1) is 27.8 Å². The van der Waals surface area contributed by atoms with E-state index in [2.05, 4.69) is 174 Å². The van der Waals surface area contributed by atoms with Gasteiger partial charge in [0, 0.05) is 39.0 Å². The standard InChI is InChI=1S/C45H32N4/c1-31-24-25-33(32-14-4-2-5-15-32)16-8-9-17-34(30-31)44-36-20-10-12-22-39(36)46-45(47-44)49-41-23-13-11-21-37(41)43-38-28-29-48(35-18-6-3-7-19-35)40(38)26-27-42(43)49/h2-7,9-30H,1,8H2/b17-9-,25-24-,33-16+,34-30+. The van der Waals surface area contributed by atoms with E-state index in [9.17, 15) is 0 Å². The Labute approximate surface area is 284 Å². The summed E-state index contributed by atoms with van der Waals surface area (Å²) in [6, 6.07) is 44.5. The summed E-state index contributed by atoms with van der Waals surface area (Å²) in [5, 5.41) is 4.56. The maximum atomic E-state index is 5.37. The Bertz CT molecular complexity index is 2680. The summed E-state index contributed by atoms with van der Waals surface area (Å²) in [7, 11) is 0. The lowest BCUT2D eigenvalue weighted by Gasteiger charge is -2.13. The molecule has 8 aromatic rings. The van der Waals surface area contributed by atoms with Crippen molar-refractivity contribution in [1.29, 1.82) is 0 Å². The highest BCUT2D eigenvalue weighted by Crippen LogP contribution is 2.38. The number of allylic oxidation sites excluding steroid dienone is 9. The van der Waals surface area contributed by atoms with Gasteiger partial charge in [-0.05, 0) is 71.7 Å². The van der Waals surface area contributed by atoms with Crippen LogP contribution in [0.1, 0.15) is 17.7 Å². The fourth-order valence-corrected chi connectivity index (χ4v) is 7.04. The van der Waals surface area contributed by atoms with Crippen molar-refractivity contribution in [1.82, 2.24) is 19.1 Å². The number of nitrogens with zero attached hydrogens (tertiary/aromatic N) is 4. The van der Waals surface area contributed by atoms with Crippen molar-refractivity contribution < 1.29 is 0 Å². The van der Waals surface area contributed by atoms with Crippen LogP contribution < -0.4 is 0 Å². The largest absolute Gasteiger partial charge is 0.317 e. The molecule has 0 N–H and O–H groups in total. The molecule has 9 rings (SSSR count). The first kappa shape index (κ1) is 28.7. The smallest absolute Gasteiger partial charge is 0.235 e. The molecule has 0 unspecified atom stereocenters. The minimum atomic E-state index is 0.639. The van der Waals surface area contributed by atoms with E-state index in [1.165, 1.54) is 27.3 Å². The molecule has 4 nitrogen and oxygen atoms in total. The van der Waals surface area contributed by atoms with Gasteiger partial charge in [0.1, 0.15) is 0 Å². The second-order valence-electron chi connectivity index (χ2n) is 12.3. The lowest BCUT2D eigenvalue weighted by atomic mass is 9.99. The van der Waals surface area contributed by atoms with Gasteiger partial charge in [-0.15, -0.1) is 0 Å². The summed E-state index contributed by atoms with van der Waals surface area (Å²) in [6.45, 7) is 4.40. The Morgan fingerprint density at radius 1 is 0.571 bits per heavy atom. The van der Waals surface area contributed by atoms with Crippen molar-refractivity contribution >= 4 is 54.8 Å². The predicted octanol–water partition coefficient (Wildman–Crippen LogP) is 11.2. The van der Waals surface area contributed by atoms with E-state index >= 15 is 0 Å². The molecule has 232 valence electrons. The van der Waals surface area contributed by atoms with Gasteiger partial charge < -0.3 is 4.57 Å². The third-order valence-corrected chi connectivity index (χ3v) is 9.30. The first-order valence-corrected chi connectivity index (χ1v) is 16.6. The van der Waals surface area contributed by atoms with Crippen LogP contribution in [0.5, 0.6) is 0 Å². The van der Waals surface area contributed by atoms with E-state index in [-0.39, 0.29) is 0 Å². The van der Waals surface area contributed by atoms with Gasteiger partial charge in [-0.2, -0.15) is 0 Å². The maximum Gasteiger partial charge on any atom is 0.235 e. The second-order valence-corrected chi connectivity index (χ2v) is 12.3. The SMILES string of the molecule is C=C1/C=C\C(c2ccccc2)=C/C/C=C\C(c2nc(-n3c4ccccc4c4c5ccn(-c6ccccc6)c5ccc43)nc3ccccc23)=C/1. The highest BCUT2D eigenvalue weighted by molar-refractivity contribution is 6.21. The number of hydrogen-bond acceptors (Lipinski definition) is 2. The molecular weight excluding hydrogens is 597 g/mol. The predicted molar refractivity (Wildman–Crippen MR) is 205 cm³/mol. The third-order valence-electron chi connectivity index (χ3n) is 9.30. The molecule has 4 heteroatoms. The van der Waals surface area contributed by atoms with Gasteiger partial charge in [0.2, 0.25) is 5.95 Å². The molecule has 0 saturated heterocycles. The molecule has 49 heavy (non-hydrogen) atoms. The average Bonchev–Trinajstić information content (AvgIpc) is 3.74. The Balaban J connectivity index is 1.23. The summed E-state index contributed by atoms with van der Waals surface area (Å²) < 4.78 is 4.47. The zero-order valence-corrected chi connectivity index (χ0v) is 26.9. The van der Waals surface area contributed by atoms with Crippen LogP contribution in [0.4, 0.5) is 0 Å². The van der Waals surface area contributed by atoms with Crippen molar-refractivity contribution in [2.45, 2.75) is 6.42 Å². The van der Waals surface area contributed by atoms with E-state index in [4.69, 9.17) is 9.97 Å². The summed E-state index contributed by atoms with van der Waals surface area (Å²) >= 11 is 0. The Kier molecular flexibility index (Phi) is 6.98. The van der Waals surface area contributed by atoms with Crippen molar-refractivity contribution in [3.63, 3.8) is 0 Å². The van der Waals surface area contributed by atoms with Gasteiger partial charge in [0.15, 0.2) is 0 Å². The molecule has 0 atom stereocenters. The molecule has 0 saturated carbocycles.